The SMILES string of the molecule is CN(C)C(CNC(=O)CCc1ccccc1OC(F)(F)F)c1ccccc1. The summed E-state index contributed by atoms with van der Waals surface area (Å²) in [5.74, 6) is -0.493. The minimum Gasteiger partial charge on any atom is -0.406 e. The Balaban J connectivity index is 1.91. The number of carbonyl (C=O) groups excluding carboxylic acids is 1. The number of rotatable bonds is 8. The summed E-state index contributed by atoms with van der Waals surface area (Å²) in [5, 5.41) is 2.86. The van der Waals surface area contributed by atoms with Crippen molar-refractivity contribution in [3.05, 3.63) is 65.7 Å². The van der Waals surface area contributed by atoms with Crippen LogP contribution < -0.4 is 10.1 Å². The van der Waals surface area contributed by atoms with Gasteiger partial charge in [0.25, 0.3) is 0 Å². The molecule has 0 aromatic heterocycles. The summed E-state index contributed by atoms with van der Waals surface area (Å²) in [4.78, 5) is 14.2. The number of para-hydroxylation sites is 1. The Morgan fingerprint density at radius 3 is 2.33 bits per heavy atom. The van der Waals surface area contributed by atoms with E-state index < -0.39 is 6.36 Å². The smallest absolute Gasteiger partial charge is 0.406 e. The number of hydrogen-bond acceptors (Lipinski definition) is 3. The van der Waals surface area contributed by atoms with E-state index in [2.05, 4.69) is 10.1 Å². The molecule has 0 aliphatic rings. The highest BCUT2D eigenvalue weighted by Crippen LogP contribution is 2.27. The lowest BCUT2D eigenvalue weighted by molar-refractivity contribution is -0.274. The summed E-state index contributed by atoms with van der Waals surface area (Å²) >= 11 is 0. The number of carbonyl (C=O) groups is 1. The Kier molecular flexibility index (Phi) is 7.24. The maximum atomic E-state index is 12.5. The van der Waals surface area contributed by atoms with Crippen molar-refractivity contribution in [2.45, 2.75) is 25.2 Å². The molecule has 2 aromatic rings. The van der Waals surface area contributed by atoms with Crippen molar-refractivity contribution in [2.75, 3.05) is 20.6 Å². The van der Waals surface area contributed by atoms with Crippen molar-refractivity contribution in [1.29, 1.82) is 0 Å². The Labute approximate surface area is 156 Å². The molecule has 1 atom stereocenters. The molecule has 2 aromatic carbocycles. The third kappa shape index (κ3) is 6.94. The normalized spacial score (nSPS) is 12.7. The number of amides is 1. The van der Waals surface area contributed by atoms with Crippen LogP contribution in [-0.2, 0) is 11.2 Å². The lowest BCUT2D eigenvalue weighted by Gasteiger charge is -2.25. The van der Waals surface area contributed by atoms with Gasteiger partial charge in [-0.05, 0) is 37.7 Å². The molecule has 0 fully saturated rings. The number of likely N-dealkylation sites (N-methyl/N-ethyl adjacent to an activating group) is 1. The van der Waals surface area contributed by atoms with Crippen molar-refractivity contribution in [1.82, 2.24) is 10.2 Å². The summed E-state index contributed by atoms with van der Waals surface area (Å²) in [6.07, 6.45) is -4.52. The number of nitrogens with one attached hydrogen (secondary N) is 1. The van der Waals surface area contributed by atoms with E-state index in [-0.39, 0.29) is 30.5 Å². The van der Waals surface area contributed by atoms with Gasteiger partial charge >= 0.3 is 6.36 Å². The number of aryl methyl sites for hydroxylation is 1. The topological polar surface area (TPSA) is 41.6 Å². The van der Waals surface area contributed by atoms with Crippen LogP contribution in [0.1, 0.15) is 23.6 Å². The summed E-state index contributed by atoms with van der Waals surface area (Å²) in [6, 6.07) is 15.6. The van der Waals surface area contributed by atoms with Crippen LogP contribution in [0.15, 0.2) is 54.6 Å². The molecule has 0 spiro atoms. The Morgan fingerprint density at radius 2 is 1.70 bits per heavy atom. The fourth-order valence-electron chi connectivity index (χ4n) is 2.76. The maximum Gasteiger partial charge on any atom is 0.573 e. The first kappa shape index (κ1) is 20.8. The third-order valence-electron chi connectivity index (χ3n) is 4.12. The molecule has 0 radical (unpaired) electrons. The molecule has 0 aliphatic carbocycles. The monoisotopic (exact) mass is 380 g/mol. The van der Waals surface area contributed by atoms with Gasteiger partial charge in [-0.15, -0.1) is 13.2 Å². The van der Waals surface area contributed by atoms with Crippen molar-refractivity contribution >= 4 is 5.91 Å². The maximum absolute atomic E-state index is 12.5. The van der Waals surface area contributed by atoms with E-state index >= 15 is 0 Å². The predicted octanol–water partition coefficient (Wildman–Crippen LogP) is 3.94. The zero-order chi connectivity index (χ0) is 19.9. The van der Waals surface area contributed by atoms with Gasteiger partial charge in [-0.25, -0.2) is 0 Å². The first-order valence-corrected chi connectivity index (χ1v) is 8.58. The van der Waals surface area contributed by atoms with Gasteiger partial charge < -0.3 is 15.0 Å². The van der Waals surface area contributed by atoms with Gasteiger partial charge in [-0.2, -0.15) is 0 Å². The van der Waals surface area contributed by atoms with Crippen LogP contribution in [0, 0.1) is 0 Å². The van der Waals surface area contributed by atoms with E-state index in [9.17, 15) is 18.0 Å². The summed E-state index contributed by atoms with van der Waals surface area (Å²) < 4.78 is 41.4. The van der Waals surface area contributed by atoms with Crippen LogP contribution in [0.3, 0.4) is 0 Å². The third-order valence-corrected chi connectivity index (χ3v) is 4.12. The van der Waals surface area contributed by atoms with Gasteiger partial charge in [-0.1, -0.05) is 48.5 Å². The molecule has 0 saturated carbocycles. The van der Waals surface area contributed by atoms with Crippen LogP contribution in [-0.4, -0.2) is 37.8 Å². The van der Waals surface area contributed by atoms with Gasteiger partial charge in [-0.3, -0.25) is 4.79 Å². The number of nitrogens with zero attached hydrogens (tertiary/aromatic N) is 1. The standard InChI is InChI=1S/C20H23F3N2O2/c1-25(2)17(15-8-4-3-5-9-15)14-24-19(26)13-12-16-10-6-7-11-18(16)27-20(21,22)23/h3-11,17H,12-14H2,1-2H3,(H,24,26). The van der Waals surface area contributed by atoms with Crippen LogP contribution in [0.25, 0.3) is 0 Å². The van der Waals surface area contributed by atoms with Gasteiger partial charge in [0.1, 0.15) is 5.75 Å². The van der Waals surface area contributed by atoms with Crippen LogP contribution in [0.4, 0.5) is 13.2 Å². The fraction of sp³-hybridized carbons (Fsp3) is 0.350. The second-order valence-electron chi connectivity index (χ2n) is 6.35. The molecule has 27 heavy (non-hydrogen) atoms. The number of benzene rings is 2. The highest BCUT2D eigenvalue weighted by Gasteiger charge is 2.32. The van der Waals surface area contributed by atoms with Gasteiger partial charge in [0, 0.05) is 13.0 Å². The number of ether oxygens (including phenoxy) is 1. The molecule has 1 amide bonds. The minimum atomic E-state index is -4.76. The summed E-state index contributed by atoms with van der Waals surface area (Å²) in [5.41, 5.74) is 1.42. The first-order valence-electron chi connectivity index (χ1n) is 8.58. The summed E-state index contributed by atoms with van der Waals surface area (Å²) in [6.45, 7) is 0.413. The van der Waals surface area contributed by atoms with E-state index in [0.717, 1.165) is 5.56 Å². The zero-order valence-electron chi connectivity index (χ0n) is 15.3. The molecule has 0 heterocycles. The Bertz CT molecular complexity index is 734. The minimum absolute atomic E-state index is 0.0102. The molecular weight excluding hydrogens is 357 g/mol. The number of alkyl halides is 3. The molecule has 0 aliphatic heterocycles. The van der Waals surface area contributed by atoms with E-state index in [1.165, 1.54) is 18.2 Å². The van der Waals surface area contributed by atoms with E-state index in [4.69, 9.17) is 0 Å². The second kappa shape index (κ2) is 9.41. The molecule has 4 nitrogen and oxygen atoms in total. The van der Waals surface area contributed by atoms with Crippen molar-refractivity contribution in [2.24, 2.45) is 0 Å². The van der Waals surface area contributed by atoms with E-state index in [1.54, 1.807) is 6.07 Å². The molecule has 0 saturated heterocycles. The predicted molar refractivity (Wildman–Crippen MR) is 97.3 cm³/mol. The van der Waals surface area contributed by atoms with Crippen LogP contribution in [0.2, 0.25) is 0 Å². The van der Waals surface area contributed by atoms with Crippen molar-refractivity contribution < 1.29 is 22.7 Å². The van der Waals surface area contributed by atoms with Gasteiger partial charge in [0.2, 0.25) is 5.91 Å². The fourth-order valence-corrected chi connectivity index (χ4v) is 2.76. The van der Waals surface area contributed by atoms with Gasteiger partial charge in [0.05, 0.1) is 6.04 Å². The molecule has 1 unspecified atom stereocenters. The van der Waals surface area contributed by atoms with E-state index in [0.29, 0.717) is 12.1 Å². The van der Waals surface area contributed by atoms with Crippen molar-refractivity contribution in [3.8, 4) is 5.75 Å². The summed E-state index contributed by atoms with van der Waals surface area (Å²) in [7, 11) is 3.85. The zero-order valence-corrected chi connectivity index (χ0v) is 15.3. The average molecular weight is 380 g/mol. The molecular formula is C20H23F3N2O2. The van der Waals surface area contributed by atoms with Crippen molar-refractivity contribution in [3.63, 3.8) is 0 Å². The molecule has 1 N–H and O–H groups in total. The molecule has 7 heteroatoms. The molecule has 2 rings (SSSR count). The van der Waals surface area contributed by atoms with Crippen LogP contribution >= 0.6 is 0 Å². The van der Waals surface area contributed by atoms with Gasteiger partial charge in [0.15, 0.2) is 0 Å². The highest BCUT2D eigenvalue weighted by atomic mass is 19.4. The number of halogens is 3. The Hall–Kier alpha value is -2.54. The highest BCUT2D eigenvalue weighted by molar-refractivity contribution is 5.76. The lowest BCUT2D eigenvalue weighted by atomic mass is 10.1. The average Bonchev–Trinajstić information content (AvgIpc) is 2.60. The Morgan fingerprint density at radius 1 is 1.07 bits per heavy atom. The second-order valence-corrected chi connectivity index (χ2v) is 6.35. The molecule has 0 bridgehead atoms. The number of hydrogen-bond donors (Lipinski definition) is 1. The lowest BCUT2D eigenvalue weighted by Crippen LogP contribution is -2.34. The van der Waals surface area contributed by atoms with Crippen LogP contribution in [0.5, 0.6) is 5.75 Å². The molecule has 146 valence electrons. The van der Waals surface area contributed by atoms with E-state index in [1.807, 2.05) is 49.3 Å². The quantitative estimate of drug-likeness (QED) is 0.754. The largest absolute Gasteiger partial charge is 0.573 e. The first-order chi connectivity index (χ1) is 12.8.